The average Bonchev–Trinajstić information content (AvgIpc) is 2.32. The number of hydrogen-bond acceptors (Lipinski definition) is 2. The molecule has 0 fully saturated rings. The van der Waals surface area contributed by atoms with Gasteiger partial charge in [0.1, 0.15) is 0 Å². The molecule has 0 saturated carbocycles. The van der Waals surface area contributed by atoms with E-state index in [-0.39, 0.29) is 0 Å². The van der Waals surface area contributed by atoms with Gasteiger partial charge >= 0.3 is 0 Å². The van der Waals surface area contributed by atoms with Crippen molar-refractivity contribution in [3.05, 3.63) is 48.0 Å². The van der Waals surface area contributed by atoms with Gasteiger partial charge in [0, 0.05) is 16.9 Å². The minimum Gasteiger partial charge on any atom is -0.398 e. The lowest BCUT2D eigenvalue weighted by atomic mass is 9.95. The van der Waals surface area contributed by atoms with E-state index in [1.54, 1.807) is 0 Å². The third kappa shape index (κ3) is 2.26. The predicted octanol–water partition coefficient (Wildman–Crippen LogP) is 3.64. The first kappa shape index (κ1) is 11.5. The van der Waals surface area contributed by atoms with Gasteiger partial charge in [0.15, 0.2) is 0 Å². The van der Waals surface area contributed by atoms with Crippen LogP contribution in [0.4, 0.5) is 11.4 Å². The summed E-state index contributed by atoms with van der Waals surface area (Å²) >= 11 is 0. The van der Waals surface area contributed by atoms with Gasteiger partial charge in [0.25, 0.3) is 0 Å². The van der Waals surface area contributed by atoms with Gasteiger partial charge in [0.05, 0.1) is 0 Å². The topological polar surface area (TPSA) is 52.0 Å². The molecule has 0 aliphatic rings. The lowest BCUT2D eigenvalue weighted by Crippen LogP contribution is -2.00. The van der Waals surface area contributed by atoms with Crippen molar-refractivity contribution in [1.82, 2.24) is 0 Å². The van der Waals surface area contributed by atoms with Crippen LogP contribution in [-0.4, -0.2) is 0 Å². The summed E-state index contributed by atoms with van der Waals surface area (Å²) in [6.45, 7) is 4.24. The van der Waals surface area contributed by atoms with Crippen molar-refractivity contribution in [3.63, 3.8) is 0 Å². The van der Waals surface area contributed by atoms with Crippen molar-refractivity contribution in [2.24, 2.45) is 0 Å². The second kappa shape index (κ2) is 4.50. The first-order valence-electron chi connectivity index (χ1n) is 5.84. The summed E-state index contributed by atoms with van der Waals surface area (Å²) in [4.78, 5) is 0. The highest BCUT2D eigenvalue weighted by Gasteiger charge is 2.09. The highest BCUT2D eigenvalue weighted by Crippen LogP contribution is 2.33. The molecule has 0 spiro atoms. The van der Waals surface area contributed by atoms with E-state index < -0.39 is 0 Å². The smallest absolute Gasteiger partial charge is 0.0398 e. The van der Waals surface area contributed by atoms with Crippen LogP contribution in [0.25, 0.3) is 11.1 Å². The van der Waals surface area contributed by atoms with Gasteiger partial charge in [-0.25, -0.2) is 0 Å². The number of nitrogens with two attached hydrogens (primary N) is 2. The first-order valence-corrected chi connectivity index (χ1v) is 5.84. The first-order chi connectivity index (χ1) is 8.09. The molecule has 4 N–H and O–H groups in total. The number of hydrogen-bond donors (Lipinski definition) is 2. The van der Waals surface area contributed by atoms with Crippen LogP contribution in [0, 0.1) is 0 Å². The zero-order valence-corrected chi connectivity index (χ0v) is 10.3. The Hall–Kier alpha value is -1.96. The summed E-state index contributed by atoms with van der Waals surface area (Å²) in [5, 5.41) is 0. The SMILES string of the molecule is CC(C)c1cc(N)c(-c2ccccc2)cc1N. The predicted molar refractivity (Wildman–Crippen MR) is 74.8 cm³/mol. The van der Waals surface area contributed by atoms with Gasteiger partial charge in [-0.2, -0.15) is 0 Å². The molecule has 2 rings (SSSR count). The van der Waals surface area contributed by atoms with Gasteiger partial charge < -0.3 is 11.5 Å². The Labute approximate surface area is 102 Å². The molecule has 2 nitrogen and oxygen atoms in total. The fourth-order valence-electron chi connectivity index (χ4n) is 2.02. The molecular formula is C15H18N2. The molecular weight excluding hydrogens is 208 g/mol. The van der Waals surface area contributed by atoms with Gasteiger partial charge in [-0.05, 0) is 29.2 Å². The monoisotopic (exact) mass is 226 g/mol. The second-order valence-electron chi connectivity index (χ2n) is 4.59. The highest BCUT2D eigenvalue weighted by molar-refractivity contribution is 5.80. The second-order valence-corrected chi connectivity index (χ2v) is 4.59. The Morgan fingerprint density at radius 2 is 1.53 bits per heavy atom. The standard InChI is InChI=1S/C15H18N2/c1-10(2)12-8-15(17)13(9-14(12)16)11-6-4-3-5-7-11/h3-10H,16-17H2,1-2H3. The molecule has 0 unspecified atom stereocenters. The third-order valence-electron chi connectivity index (χ3n) is 2.96. The number of benzene rings is 2. The minimum atomic E-state index is 0.391. The van der Waals surface area contributed by atoms with E-state index >= 15 is 0 Å². The Bertz CT molecular complexity index is 516. The van der Waals surface area contributed by atoms with Crippen LogP contribution < -0.4 is 11.5 Å². The fraction of sp³-hybridized carbons (Fsp3) is 0.200. The van der Waals surface area contributed by atoms with Crippen molar-refractivity contribution < 1.29 is 0 Å². The van der Waals surface area contributed by atoms with Crippen molar-refractivity contribution in [2.45, 2.75) is 19.8 Å². The molecule has 0 saturated heterocycles. The molecule has 88 valence electrons. The summed E-state index contributed by atoms with van der Waals surface area (Å²) in [6, 6.07) is 14.0. The number of anilines is 2. The fourth-order valence-corrected chi connectivity index (χ4v) is 2.02. The van der Waals surface area contributed by atoms with Crippen LogP contribution >= 0.6 is 0 Å². The molecule has 17 heavy (non-hydrogen) atoms. The normalized spacial score (nSPS) is 10.8. The summed E-state index contributed by atoms with van der Waals surface area (Å²) in [7, 11) is 0. The Morgan fingerprint density at radius 3 is 2.12 bits per heavy atom. The molecule has 2 aromatic rings. The number of rotatable bonds is 2. The van der Waals surface area contributed by atoms with Crippen LogP contribution in [0.15, 0.2) is 42.5 Å². The maximum absolute atomic E-state index is 6.10. The summed E-state index contributed by atoms with van der Waals surface area (Å²) in [5.74, 6) is 0.391. The molecule has 0 amide bonds. The highest BCUT2D eigenvalue weighted by atomic mass is 14.6. The van der Waals surface area contributed by atoms with Gasteiger partial charge in [-0.3, -0.25) is 0 Å². The zero-order chi connectivity index (χ0) is 12.4. The van der Waals surface area contributed by atoms with Crippen molar-refractivity contribution in [1.29, 1.82) is 0 Å². The molecule has 0 bridgehead atoms. The molecule has 2 aromatic carbocycles. The van der Waals surface area contributed by atoms with Crippen molar-refractivity contribution >= 4 is 11.4 Å². The van der Waals surface area contributed by atoms with Crippen LogP contribution in [-0.2, 0) is 0 Å². The molecule has 0 heterocycles. The van der Waals surface area contributed by atoms with Crippen molar-refractivity contribution in [2.75, 3.05) is 11.5 Å². The van der Waals surface area contributed by atoms with Gasteiger partial charge in [-0.15, -0.1) is 0 Å². The van der Waals surface area contributed by atoms with Gasteiger partial charge in [-0.1, -0.05) is 44.2 Å². The van der Waals surface area contributed by atoms with E-state index in [2.05, 4.69) is 13.8 Å². The number of nitrogen functional groups attached to an aromatic ring is 2. The molecule has 0 radical (unpaired) electrons. The molecule has 0 aliphatic carbocycles. The third-order valence-corrected chi connectivity index (χ3v) is 2.96. The summed E-state index contributed by atoms with van der Waals surface area (Å²) in [5.41, 5.74) is 17.0. The van der Waals surface area contributed by atoms with E-state index in [0.717, 1.165) is 28.1 Å². The quantitative estimate of drug-likeness (QED) is 0.768. The van der Waals surface area contributed by atoms with Crippen LogP contribution in [0.1, 0.15) is 25.3 Å². The Balaban J connectivity index is 2.55. The van der Waals surface area contributed by atoms with E-state index in [1.165, 1.54) is 0 Å². The maximum Gasteiger partial charge on any atom is 0.0398 e. The largest absolute Gasteiger partial charge is 0.398 e. The Kier molecular flexibility index (Phi) is 3.05. The maximum atomic E-state index is 6.10. The molecule has 0 aliphatic heterocycles. The van der Waals surface area contributed by atoms with Crippen LogP contribution in [0.3, 0.4) is 0 Å². The van der Waals surface area contributed by atoms with Crippen molar-refractivity contribution in [3.8, 4) is 11.1 Å². The van der Waals surface area contributed by atoms with Gasteiger partial charge in [0.2, 0.25) is 0 Å². The minimum absolute atomic E-state index is 0.391. The molecule has 0 aromatic heterocycles. The lowest BCUT2D eigenvalue weighted by Gasteiger charge is -2.14. The van der Waals surface area contributed by atoms with E-state index in [9.17, 15) is 0 Å². The lowest BCUT2D eigenvalue weighted by molar-refractivity contribution is 0.871. The molecule has 0 atom stereocenters. The summed E-state index contributed by atoms with van der Waals surface area (Å²) < 4.78 is 0. The van der Waals surface area contributed by atoms with E-state index in [0.29, 0.717) is 5.92 Å². The van der Waals surface area contributed by atoms with Crippen LogP contribution in [0.5, 0.6) is 0 Å². The Morgan fingerprint density at radius 1 is 0.882 bits per heavy atom. The summed E-state index contributed by atoms with van der Waals surface area (Å²) in [6.07, 6.45) is 0. The zero-order valence-electron chi connectivity index (χ0n) is 10.3. The van der Waals surface area contributed by atoms with E-state index in [4.69, 9.17) is 11.5 Å². The van der Waals surface area contributed by atoms with Crippen LogP contribution in [0.2, 0.25) is 0 Å². The van der Waals surface area contributed by atoms with E-state index in [1.807, 2.05) is 42.5 Å². The molecule has 2 heteroatoms. The average molecular weight is 226 g/mol.